The molecule has 1 aliphatic rings. The van der Waals surface area contributed by atoms with Crippen LogP contribution in [0.3, 0.4) is 0 Å². The molecule has 0 aliphatic heterocycles. The zero-order chi connectivity index (χ0) is 11.1. The van der Waals surface area contributed by atoms with Gasteiger partial charge in [-0.2, -0.15) is 5.10 Å². The average Bonchev–Trinajstić information content (AvgIpc) is 2.96. The molecule has 2 heterocycles. The van der Waals surface area contributed by atoms with Crippen LogP contribution in [-0.4, -0.2) is 21.7 Å². The number of rotatable bonds is 3. The smallest absolute Gasteiger partial charge is 0.157 e. The Bertz CT molecular complexity index is 521. The molecule has 16 heavy (non-hydrogen) atoms. The first-order chi connectivity index (χ1) is 7.79. The molecule has 0 spiro atoms. The Morgan fingerprint density at radius 2 is 2.38 bits per heavy atom. The Hall–Kier alpha value is -1.13. The molecule has 1 aliphatic carbocycles. The first kappa shape index (κ1) is 10.1. The van der Waals surface area contributed by atoms with Gasteiger partial charge in [-0.05, 0) is 24.8 Å². The van der Waals surface area contributed by atoms with Crippen molar-refractivity contribution < 1.29 is 4.74 Å². The molecule has 0 bridgehead atoms. The van der Waals surface area contributed by atoms with Crippen LogP contribution in [-0.2, 0) is 4.74 Å². The monoisotopic (exact) mass is 237 g/mol. The Morgan fingerprint density at radius 1 is 1.56 bits per heavy atom. The number of hydrogen-bond donors (Lipinski definition) is 0. The van der Waals surface area contributed by atoms with Crippen LogP contribution in [0.25, 0.3) is 5.65 Å². The maximum Gasteiger partial charge on any atom is 0.157 e. The fourth-order valence-electron chi connectivity index (χ4n) is 1.99. The number of aromatic nitrogens is 3. The lowest BCUT2D eigenvalue weighted by Gasteiger charge is -2.14. The van der Waals surface area contributed by atoms with Crippen molar-refractivity contribution in [2.45, 2.75) is 18.9 Å². The van der Waals surface area contributed by atoms with E-state index in [0.29, 0.717) is 11.1 Å². The van der Waals surface area contributed by atoms with Gasteiger partial charge in [0.1, 0.15) is 11.3 Å². The van der Waals surface area contributed by atoms with E-state index in [1.807, 2.05) is 12.1 Å². The van der Waals surface area contributed by atoms with Gasteiger partial charge in [-0.15, -0.1) is 0 Å². The van der Waals surface area contributed by atoms with Crippen LogP contribution in [0.15, 0.2) is 18.3 Å². The van der Waals surface area contributed by atoms with Gasteiger partial charge in [-0.25, -0.2) is 9.50 Å². The summed E-state index contributed by atoms with van der Waals surface area (Å²) in [6.45, 7) is 0. The molecule has 0 aromatic carbocycles. The molecule has 0 N–H and O–H groups in total. The number of methoxy groups -OCH3 is 1. The van der Waals surface area contributed by atoms with E-state index in [1.54, 1.807) is 17.8 Å². The largest absolute Gasteiger partial charge is 0.375 e. The van der Waals surface area contributed by atoms with Crippen molar-refractivity contribution in [3.05, 3.63) is 29.2 Å². The SMILES string of the molecule is COC(c1cc(Cl)n2nccc2n1)C1CC1. The normalized spacial score (nSPS) is 17.9. The van der Waals surface area contributed by atoms with E-state index in [0.717, 1.165) is 11.3 Å². The second-order valence-corrected chi connectivity index (χ2v) is 4.49. The van der Waals surface area contributed by atoms with Gasteiger partial charge >= 0.3 is 0 Å². The minimum absolute atomic E-state index is 0.0670. The number of hydrogen-bond acceptors (Lipinski definition) is 3. The molecular formula is C11H12ClN3O. The predicted molar refractivity (Wildman–Crippen MR) is 60.5 cm³/mol. The molecule has 5 heteroatoms. The van der Waals surface area contributed by atoms with Crippen molar-refractivity contribution in [3.8, 4) is 0 Å². The van der Waals surface area contributed by atoms with E-state index in [9.17, 15) is 0 Å². The lowest BCUT2D eigenvalue weighted by atomic mass is 10.1. The minimum Gasteiger partial charge on any atom is -0.375 e. The van der Waals surface area contributed by atoms with Crippen molar-refractivity contribution in [1.82, 2.24) is 14.6 Å². The summed E-state index contributed by atoms with van der Waals surface area (Å²) < 4.78 is 7.11. The molecule has 0 amide bonds. The van der Waals surface area contributed by atoms with Gasteiger partial charge in [0.25, 0.3) is 0 Å². The van der Waals surface area contributed by atoms with Crippen LogP contribution < -0.4 is 0 Å². The van der Waals surface area contributed by atoms with Crippen LogP contribution in [0.5, 0.6) is 0 Å². The van der Waals surface area contributed by atoms with Crippen molar-refractivity contribution in [3.63, 3.8) is 0 Å². The van der Waals surface area contributed by atoms with Gasteiger partial charge in [0.2, 0.25) is 0 Å². The lowest BCUT2D eigenvalue weighted by Crippen LogP contribution is -2.08. The van der Waals surface area contributed by atoms with Gasteiger partial charge in [-0.1, -0.05) is 11.6 Å². The van der Waals surface area contributed by atoms with E-state index in [1.165, 1.54) is 12.8 Å². The summed E-state index contributed by atoms with van der Waals surface area (Å²) in [5.74, 6) is 0.596. The maximum absolute atomic E-state index is 6.13. The van der Waals surface area contributed by atoms with E-state index in [-0.39, 0.29) is 6.10 Å². The van der Waals surface area contributed by atoms with Crippen molar-refractivity contribution >= 4 is 17.2 Å². The molecule has 3 rings (SSSR count). The average molecular weight is 238 g/mol. The third kappa shape index (κ3) is 1.58. The van der Waals surface area contributed by atoms with Gasteiger partial charge < -0.3 is 4.74 Å². The Balaban J connectivity index is 2.08. The highest BCUT2D eigenvalue weighted by Crippen LogP contribution is 2.42. The van der Waals surface area contributed by atoms with Gasteiger partial charge in [0.05, 0.1) is 11.9 Å². The van der Waals surface area contributed by atoms with Crippen LogP contribution in [0.1, 0.15) is 24.6 Å². The summed E-state index contributed by atoms with van der Waals surface area (Å²) in [6, 6.07) is 3.68. The van der Waals surface area contributed by atoms with Crippen LogP contribution in [0.4, 0.5) is 0 Å². The lowest BCUT2D eigenvalue weighted by molar-refractivity contribution is 0.0812. The van der Waals surface area contributed by atoms with Crippen molar-refractivity contribution in [2.24, 2.45) is 5.92 Å². The molecular weight excluding hydrogens is 226 g/mol. The molecule has 0 saturated heterocycles. The molecule has 1 atom stereocenters. The van der Waals surface area contributed by atoms with Crippen molar-refractivity contribution in [2.75, 3.05) is 7.11 Å². The summed E-state index contributed by atoms with van der Waals surface area (Å²) >= 11 is 6.13. The Labute approximate surface area is 98.2 Å². The van der Waals surface area contributed by atoms with Crippen LogP contribution in [0.2, 0.25) is 5.15 Å². The molecule has 4 nitrogen and oxygen atoms in total. The molecule has 2 aromatic heterocycles. The van der Waals surface area contributed by atoms with E-state index < -0.39 is 0 Å². The summed E-state index contributed by atoms with van der Waals surface area (Å²) in [5, 5.41) is 4.66. The summed E-state index contributed by atoms with van der Waals surface area (Å²) in [6.07, 6.45) is 4.18. The fraction of sp³-hybridized carbons (Fsp3) is 0.455. The third-order valence-corrected chi connectivity index (χ3v) is 3.20. The quantitative estimate of drug-likeness (QED) is 0.770. The number of nitrogens with zero attached hydrogens (tertiary/aromatic N) is 3. The molecule has 0 radical (unpaired) electrons. The van der Waals surface area contributed by atoms with Gasteiger partial charge in [0, 0.05) is 13.2 Å². The number of halogens is 1. The zero-order valence-corrected chi connectivity index (χ0v) is 9.68. The van der Waals surface area contributed by atoms with Gasteiger partial charge in [0.15, 0.2) is 5.65 Å². The predicted octanol–water partition coefficient (Wildman–Crippen LogP) is 2.48. The highest BCUT2D eigenvalue weighted by molar-refractivity contribution is 6.29. The van der Waals surface area contributed by atoms with Gasteiger partial charge in [-0.3, -0.25) is 0 Å². The summed E-state index contributed by atoms with van der Waals surface area (Å²) in [4.78, 5) is 4.52. The summed E-state index contributed by atoms with van der Waals surface area (Å²) in [5.41, 5.74) is 1.67. The topological polar surface area (TPSA) is 39.4 Å². The van der Waals surface area contributed by atoms with E-state index in [4.69, 9.17) is 16.3 Å². The molecule has 1 saturated carbocycles. The first-order valence-electron chi connectivity index (χ1n) is 5.32. The van der Waals surface area contributed by atoms with Crippen molar-refractivity contribution in [1.29, 1.82) is 0 Å². The van der Waals surface area contributed by atoms with Crippen LogP contribution >= 0.6 is 11.6 Å². The number of ether oxygens (including phenoxy) is 1. The molecule has 2 aromatic rings. The second kappa shape index (κ2) is 3.71. The third-order valence-electron chi connectivity index (χ3n) is 2.93. The highest BCUT2D eigenvalue weighted by atomic mass is 35.5. The Morgan fingerprint density at radius 3 is 3.06 bits per heavy atom. The molecule has 84 valence electrons. The zero-order valence-electron chi connectivity index (χ0n) is 8.93. The molecule has 1 unspecified atom stereocenters. The number of fused-ring (bicyclic) bond motifs is 1. The summed E-state index contributed by atoms with van der Waals surface area (Å²) in [7, 11) is 1.72. The van der Waals surface area contributed by atoms with E-state index >= 15 is 0 Å². The Kier molecular flexibility index (Phi) is 2.33. The maximum atomic E-state index is 6.13. The fourth-order valence-corrected chi connectivity index (χ4v) is 2.23. The minimum atomic E-state index is 0.0670. The van der Waals surface area contributed by atoms with Crippen LogP contribution in [0, 0.1) is 5.92 Å². The standard InChI is InChI=1S/C11H12ClN3O/c1-16-11(7-2-3-7)8-6-9(12)15-10(14-8)4-5-13-15/h4-7,11H,2-3H2,1H3. The highest BCUT2D eigenvalue weighted by Gasteiger charge is 2.33. The first-order valence-corrected chi connectivity index (χ1v) is 5.70. The van der Waals surface area contributed by atoms with E-state index in [2.05, 4.69) is 10.1 Å². The second-order valence-electron chi connectivity index (χ2n) is 4.10. The molecule has 1 fully saturated rings.